The molecule has 1 N–H and O–H groups in total. The number of methoxy groups -OCH3 is 1. The number of nitrogens with one attached hydrogen (secondary N) is 1. The largest absolute Gasteiger partial charge is 0.382 e. The second-order valence-electron chi connectivity index (χ2n) is 4.65. The smallest absolute Gasteiger partial charge is 0.250 e. The van der Waals surface area contributed by atoms with Crippen LogP contribution in [0, 0.1) is 0 Å². The van der Waals surface area contributed by atoms with Gasteiger partial charge in [0.05, 0.1) is 25.9 Å². The van der Waals surface area contributed by atoms with Crippen molar-refractivity contribution in [3.63, 3.8) is 0 Å². The lowest BCUT2D eigenvalue weighted by molar-refractivity contribution is -0.121. The van der Waals surface area contributed by atoms with Crippen LogP contribution in [0.15, 0.2) is 24.3 Å². The van der Waals surface area contributed by atoms with E-state index in [0.717, 1.165) is 11.3 Å². The first kappa shape index (κ1) is 16.6. The van der Waals surface area contributed by atoms with Gasteiger partial charge in [-0.15, -0.1) is 0 Å². The molecule has 112 valence electrons. The standard InChI is InChI=1S/C15H23NO4/c1-12(2)20-11-15(17)16-14-6-4-5-13(9-14)10-19-8-7-18-3/h4-6,9,12H,7-8,10-11H2,1-3H3,(H,16,17). The second kappa shape index (κ2) is 9.47. The lowest BCUT2D eigenvalue weighted by Gasteiger charge is -2.10. The Balaban J connectivity index is 2.40. The van der Waals surface area contributed by atoms with E-state index < -0.39 is 0 Å². The third-order valence-electron chi connectivity index (χ3n) is 2.46. The predicted octanol–water partition coefficient (Wildman–Crippen LogP) is 2.21. The third kappa shape index (κ3) is 7.23. The van der Waals surface area contributed by atoms with E-state index >= 15 is 0 Å². The van der Waals surface area contributed by atoms with Crippen molar-refractivity contribution >= 4 is 11.6 Å². The molecule has 0 saturated heterocycles. The van der Waals surface area contributed by atoms with Crippen LogP contribution in [0.3, 0.4) is 0 Å². The molecule has 1 aromatic carbocycles. The molecule has 1 amide bonds. The van der Waals surface area contributed by atoms with Crippen LogP contribution in [0.1, 0.15) is 19.4 Å². The topological polar surface area (TPSA) is 56.8 Å². The van der Waals surface area contributed by atoms with Gasteiger partial charge >= 0.3 is 0 Å². The fraction of sp³-hybridized carbons (Fsp3) is 0.533. The Morgan fingerprint density at radius 2 is 2.10 bits per heavy atom. The van der Waals surface area contributed by atoms with Gasteiger partial charge in [-0.05, 0) is 31.5 Å². The maximum atomic E-state index is 11.6. The summed E-state index contributed by atoms with van der Waals surface area (Å²) in [6, 6.07) is 7.56. The minimum atomic E-state index is -0.156. The Hall–Kier alpha value is -1.43. The molecule has 0 spiro atoms. The van der Waals surface area contributed by atoms with Crippen molar-refractivity contribution < 1.29 is 19.0 Å². The Morgan fingerprint density at radius 1 is 1.30 bits per heavy atom. The summed E-state index contributed by atoms with van der Waals surface area (Å²) in [5.74, 6) is -0.156. The predicted molar refractivity (Wildman–Crippen MR) is 77.7 cm³/mol. The maximum Gasteiger partial charge on any atom is 0.250 e. The fourth-order valence-corrected chi connectivity index (χ4v) is 1.51. The molecule has 0 aliphatic carbocycles. The van der Waals surface area contributed by atoms with Crippen LogP contribution in [-0.4, -0.2) is 38.9 Å². The van der Waals surface area contributed by atoms with Gasteiger partial charge in [-0.1, -0.05) is 12.1 Å². The van der Waals surface area contributed by atoms with Gasteiger partial charge in [-0.25, -0.2) is 0 Å². The van der Waals surface area contributed by atoms with Crippen LogP contribution in [-0.2, 0) is 25.6 Å². The lowest BCUT2D eigenvalue weighted by atomic mass is 10.2. The van der Waals surface area contributed by atoms with Crippen molar-refractivity contribution in [1.29, 1.82) is 0 Å². The summed E-state index contributed by atoms with van der Waals surface area (Å²) < 4.78 is 15.6. The normalized spacial score (nSPS) is 10.8. The molecule has 0 unspecified atom stereocenters. The first-order valence-electron chi connectivity index (χ1n) is 6.69. The fourth-order valence-electron chi connectivity index (χ4n) is 1.51. The molecule has 5 heteroatoms. The third-order valence-corrected chi connectivity index (χ3v) is 2.46. The van der Waals surface area contributed by atoms with Gasteiger partial charge in [-0.3, -0.25) is 4.79 Å². The molecule has 0 fully saturated rings. The molecule has 0 radical (unpaired) electrons. The molecule has 0 atom stereocenters. The molecule has 0 aromatic heterocycles. The van der Waals surface area contributed by atoms with E-state index in [0.29, 0.717) is 19.8 Å². The number of carbonyl (C=O) groups is 1. The molecule has 20 heavy (non-hydrogen) atoms. The van der Waals surface area contributed by atoms with E-state index in [1.807, 2.05) is 38.1 Å². The number of carbonyl (C=O) groups excluding carboxylic acids is 1. The zero-order valence-electron chi connectivity index (χ0n) is 12.3. The van der Waals surface area contributed by atoms with Gasteiger partial charge in [-0.2, -0.15) is 0 Å². The minimum absolute atomic E-state index is 0.0428. The maximum absolute atomic E-state index is 11.6. The average molecular weight is 281 g/mol. The average Bonchev–Trinajstić information content (AvgIpc) is 2.42. The number of benzene rings is 1. The molecule has 1 rings (SSSR count). The van der Waals surface area contributed by atoms with E-state index in [9.17, 15) is 4.79 Å². The van der Waals surface area contributed by atoms with Crippen molar-refractivity contribution in [1.82, 2.24) is 0 Å². The Morgan fingerprint density at radius 3 is 2.80 bits per heavy atom. The van der Waals surface area contributed by atoms with Crippen molar-refractivity contribution in [3.05, 3.63) is 29.8 Å². The molecule has 0 saturated carbocycles. The summed E-state index contributed by atoms with van der Waals surface area (Å²) in [5.41, 5.74) is 1.75. The summed E-state index contributed by atoms with van der Waals surface area (Å²) in [7, 11) is 1.64. The number of rotatable bonds is 9. The zero-order valence-corrected chi connectivity index (χ0v) is 12.3. The van der Waals surface area contributed by atoms with Gasteiger partial charge in [0.25, 0.3) is 0 Å². The van der Waals surface area contributed by atoms with E-state index in [1.165, 1.54) is 0 Å². The van der Waals surface area contributed by atoms with Crippen molar-refractivity contribution in [2.24, 2.45) is 0 Å². The Kier molecular flexibility index (Phi) is 7.87. The number of anilines is 1. The molecule has 0 aliphatic heterocycles. The zero-order chi connectivity index (χ0) is 14.8. The van der Waals surface area contributed by atoms with Crippen molar-refractivity contribution in [2.75, 3.05) is 32.2 Å². The van der Waals surface area contributed by atoms with Gasteiger partial charge in [0, 0.05) is 12.8 Å². The number of hydrogen-bond acceptors (Lipinski definition) is 4. The Bertz CT molecular complexity index is 407. The van der Waals surface area contributed by atoms with Crippen LogP contribution in [0.5, 0.6) is 0 Å². The molecule has 0 heterocycles. The Labute approximate surface area is 120 Å². The highest BCUT2D eigenvalue weighted by Gasteiger charge is 2.04. The van der Waals surface area contributed by atoms with Crippen molar-refractivity contribution in [2.45, 2.75) is 26.6 Å². The molecular formula is C15H23NO4. The van der Waals surface area contributed by atoms with E-state index in [1.54, 1.807) is 7.11 Å². The second-order valence-corrected chi connectivity index (χ2v) is 4.65. The van der Waals surface area contributed by atoms with Gasteiger partial charge in [0.15, 0.2) is 0 Å². The monoisotopic (exact) mass is 281 g/mol. The van der Waals surface area contributed by atoms with E-state index in [4.69, 9.17) is 14.2 Å². The highest BCUT2D eigenvalue weighted by molar-refractivity contribution is 5.91. The molecule has 0 bridgehead atoms. The highest BCUT2D eigenvalue weighted by Crippen LogP contribution is 2.11. The van der Waals surface area contributed by atoms with E-state index in [-0.39, 0.29) is 18.6 Å². The first-order valence-corrected chi connectivity index (χ1v) is 6.69. The van der Waals surface area contributed by atoms with Crippen LogP contribution in [0.4, 0.5) is 5.69 Å². The summed E-state index contributed by atoms with van der Waals surface area (Å²) in [4.78, 5) is 11.6. The van der Waals surface area contributed by atoms with Crippen molar-refractivity contribution in [3.8, 4) is 0 Å². The number of hydrogen-bond donors (Lipinski definition) is 1. The van der Waals surface area contributed by atoms with Crippen LogP contribution >= 0.6 is 0 Å². The highest BCUT2D eigenvalue weighted by atomic mass is 16.5. The van der Waals surface area contributed by atoms with Crippen LogP contribution in [0.25, 0.3) is 0 Å². The van der Waals surface area contributed by atoms with Gasteiger partial charge in [0.2, 0.25) is 5.91 Å². The van der Waals surface area contributed by atoms with E-state index in [2.05, 4.69) is 5.32 Å². The quantitative estimate of drug-likeness (QED) is 0.705. The lowest BCUT2D eigenvalue weighted by Crippen LogP contribution is -2.20. The van der Waals surface area contributed by atoms with Crippen LogP contribution in [0.2, 0.25) is 0 Å². The van der Waals surface area contributed by atoms with Gasteiger partial charge in [0.1, 0.15) is 6.61 Å². The SMILES string of the molecule is COCCOCc1cccc(NC(=O)COC(C)C)c1. The first-order chi connectivity index (χ1) is 9.61. The molecule has 5 nitrogen and oxygen atoms in total. The van der Waals surface area contributed by atoms with Crippen LogP contribution < -0.4 is 5.32 Å². The summed E-state index contributed by atoms with van der Waals surface area (Å²) in [6.45, 7) is 5.47. The summed E-state index contributed by atoms with van der Waals surface area (Å²) >= 11 is 0. The molecule has 0 aliphatic rings. The summed E-state index contributed by atoms with van der Waals surface area (Å²) in [5, 5.41) is 2.80. The molecule has 1 aromatic rings. The number of ether oxygens (including phenoxy) is 3. The minimum Gasteiger partial charge on any atom is -0.382 e. The number of amides is 1. The molecular weight excluding hydrogens is 258 g/mol. The summed E-state index contributed by atoms with van der Waals surface area (Å²) in [6.07, 6.45) is 0.0428. The van der Waals surface area contributed by atoms with Gasteiger partial charge < -0.3 is 19.5 Å².